The lowest BCUT2D eigenvalue weighted by molar-refractivity contribution is 0.208. The summed E-state index contributed by atoms with van der Waals surface area (Å²) in [6, 6.07) is 0. The number of rotatable bonds is 7. The van der Waals surface area contributed by atoms with E-state index in [0.29, 0.717) is 0 Å². The number of hydrogen-bond acceptors (Lipinski definition) is 3. The van der Waals surface area contributed by atoms with Crippen LogP contribution in [0, 0.1) is 5.92 Å². The molecule has 0 amide bonds. The standard InChI is InChI=1S/C8H18O4S/c1-3-5-8(6-4-2)7-12-13(9,10)11/h8H,3-7H2,1-2H3,(H,9,10,11). The van der Waals surface area contributed by atoms with Crippen LogP contribution >= 0.6 is 0 Å². The van der Waals surface area contributed by atoms with E-state index in [4.69, 9.17) is 4.55 Å². The third kappa shape index (κ3) is 8.21. The second-order valence-electron chi connectivity index (χ2n) is 3.16. The van der Waals surface area contributed by atoms with Crippen LogP contribution in [0.25, 0.3) is 0 Å². The van der Waals surface area contributed by atoms with Gasteiger partial charge in [0.05, 0.1) is 6.61 Å². The maximum absolute atomic E-state index is 10.3. The minimum absolute atomic E-state index is 0.0977. The molecule has 0 fully saturated rings. The Balaban J connectivity index is 3.81. The first-order valence-corrected chi connectivity index (χ1v) is 5.98. The fourth-order valence-electron chi connectivity index (χ4n) is 1.31. The van der Waals surface area contributed by atoms with Gasteiger partial charge in [0.2, 0.25) is 0 Å². The molecule has 1 N–H and O–H groups in total. The molecule has 4 nitrogen and oxygen atoms in total. The zero-order valence-electron chi connectivity index (χ0n) is 8.19. The van der Waals surface area contributed by atoms with Crippen LogP contribution in [0.2, 0.25) is 0 Å². The Morgan fingerprint density at radius 3 is 2.00 bits per heavy atom. The van der Waals surface area contributed by atoms with Crippen LogP contribution < -0.4 is 0 Å². The summed E-state index contributed by atoms with van der Waals surface area (Å²) in [5, 5.41) is 0. The highest BCUT2D eigenvalue weighted by Crippen LogP contribution is 2.14. The summed E-state index contributed by atoms with van der Waals surface area (Å²) in [5.74, 6) is 0.233. The van der Waals surface area contributed by atoms with Crippen molar-refractivity contribution in [3.63, 3.8) is 0 Å². The number of hydrogen-bond donors (Lipinski definition) is 1. The van der Waals surface area contributed by atoms with Gasteiger partial charge in [-0.25, -0.2) is 4.18 Å². The molecule has 0 unspecified atom stereocenters. The van der Waals surface area contributed by atoms with Crippen LogP contribution in [0.3, 0.4) is 0 Å². The molecule has 5 heteroatoms. The van der Waals surface area contributed by atoms with E-state index in [1.807, 2.05) is 13.8 Å². The van der Waals surface area contributed by atoms with Crippen LogP contribution in [0.4, 0.5) is 0 Å². The third-order valence-corrected chi connectivity index (χ3v) is 2.28. The van der Waals surface area contributed by atoms with Crippen molar-refractivity contribution in [1.82, 2.24) is 0 Å². The smallest absolute Gasteiger partial charge is 0.264 e. The van der Waals surface area contributed by atoms with Crippen molar-refractivity contribution in [2.24, 2.45) is 5.92 Å². The normalized spacial score (nSPS) is 12.3. The third-order valence-electron chi connectivity index (χ3n) is 1.85. The summed E-state index contributed by atoms with van der Waals surface area (Å²) in [6.45, 7) is 4.17. The van der Waals surface area contributed by atoms with Crippen LogP contribution in [-0.4, -0.2) is 19.6 Å². The van der Waals surface area contributed by atoms with Gasteiger partial charge in [0.15, 0.2) is 0 Å². The van der Waals surface area contributed by atoms with E-state index in [1.54, 1.807) is 0 Å². The lowest BCUT2D eigenvalue weighted by atomic mass is 10.00. The second-order valence-corrected chi connectivity index (χ2v) is 4.25. The van der Waals surface area contributed by atoms with Gasteiger partial charge in [-0.15, -0.1) is 0 Å². The quantitative estimate of drug-likeness (QED) is 0.653. The van der Waals surface area contributed by atoms with E-state index < -0.39 is 10.4 Å². The Labute approximate surface area is 80.2 Å². The van der Waals surface area contributed by atoms with Crippen LogP contribution in [0.15, 0.2) is 0 Å². The average Bonchev–Trinajstić information content (AvgIpc) is 2.00. The van der Waals surface area contributed by atoms with Crippen molar-refractivity contribution in [2.75, 3.05) is 6.61 Å². The Hall–Kier alpha value is -0.130. The van der Waals surface area contributed by atoms with E-state index in [0.717, 1.165) is 25.7 Å². The Morgan fingerprint density at radius 1 is 1.23 bits per heavy atom. The summed E-state index contributed by atoms with van der Waals surface area (Å²) in [4.78, 5) is 0. The van der Waals surface area contributed by atoms with Gasteiger partial charge in [-0.2, -0.15) is 8.42 Å². The molecule has 80 valence electrons. The van der Waals surface area contributed by atoms with Gasteiger partial charge in [0.1, 0.15) is 0 Å². The van der Waals surface area contributed by atoms with Crippen LogP contribution in [-0.2, 0) is 14.6 Å². The van der Waals surface area contributed by atoms with Gasteiger partial charge < -0.3 is 0 Å². The van der Waals surface area contributed by atoms with E-state index in [1.165, 1.54) is 0 Å². The molecule has 0 atom stereocenters. The van der Waals surface area contributed by atoms with Gasteiger partial charge in [-0.3, -0.25) is 4.55 Å². The molecule has 0 rings (SSSR count). The molecule has 0 spiro atoms. The lowest BCUT2D eigenvalue weighted by Gasteiger charge is -2.13. The summed E-state index contributed by atoms with van der Waals surface area (Å²) in [5.41, 5.74) is 0. The Bertz CT molecular complexity index is 204. The molecule has 0 saturated heterocycles. The Morgan fingerprint density at radius 2 is 1.69 bits per heavy atom. The molecule has 0 radical (unpaired) electrons. The maximum Gasteiger partial charge on any atom is 0.397 e. The minimum Gasteiger partial charge on any atom is -0.264 e. The van der Waals surface area contributed by atoms with Gasteiger partial charge in [-0.05, 0) is 18.8 Å². The fraction of sp³-hybridized carbons (Fsp3) is 1.00. The zero-order chi connectivity index (χ0) is 10.3. The summed E-state index contributed by atoms with van der Waals surface area (Å²) < 4.78 is 33.2. The molecular weight excluding hydrogens is 192 g/mol. The first-order chi connectivity index (χ1) is 5.99. The van der Waals surface area contributed by atoms with Crippen molar-refractivity contribution in [3.8, 4) is 0 Å². The predicted octanol–water partition coefficient (Wildman–Crippen LogP) is 2.02. The fourth-order valence-corrected chi connectivity index (χ4v) is 1.67. The maximum atomic E-state index is 10.3. The van der Waals surface area contributed by atoms with Gasteiger partial charge >= 0.3 is 10.4 Å². The topological polar surface area (TPSA) is 63.6 Å². The first kappa shape index (κ1) is 12.9. The van der Waals surface area contributed by atoms with Crippen LogP contribution in [0.1, 0.15) is 39.5 Å². The van der Waals surface area contributed by atoms with Gasteiger partial charge in [-0.1, -0.05) is 26.7 Å². The van der Waals surface area contributed by atoms with Crippen molar-refractivity contribution < 1.29 is 17.2 Å². The van der Waals surface area contributed by atoms with E-state index >= 15 is 0 Å². The largest absolute Gasteiger partial charge is 0.397 e. The van der Waals surface area contributed by atoms with Crippen molar-refractivity contribution in [3.05, 3.63) is 0 Å². The molecule has 0 heterocycles. The summed E-state index contributed by atoms with van der Waals surface area (Å²) in [7, 11) is -4.26. The minimum atomic E-state index is -4.26. The average molecular weight is 210 g/mol. The molecule has 0 aliphatic rings. The highest BCUT2D eigenvalue weighted by molar-refractivity contribution is 7.80. The molecule has 0 saturated carbocycles. The highest BCUT2D eigenvalue weighted by Gasteiger charge is 2.11. The van der Waals surface area contributed by atoms with E-state index in [-0.39, 0.29) is 12.5 Å². The van der Waals surface area contributed by atoms with Crippen LogP contribution in [0.5, 0.6) is 0 Å². The molecule has 0 aliphatic carbocycles. The van der Waals surface area contributed by atoms with Crippen molar-refractivity contribution in [1.29, 1.82) is 0 Å². The van der Waals surface area contributed by atoms with Crippen molar-refractivity contribution in [2.45, 2.75) is 39.5 Å². The molecule has 0 aromatic rings. The zero-order valence-corrected chi connectivity index (χ0v) is 9.01. The monoisotopic (exact) mass is 210 g/mol. The molecule has 0 aromatic carbocycles. The second kappa shape index (κ2) is 6.34. The SMILES string of the molecule is CCCC(CCC)COS(=O)(=O)O. The molecule has 0 aromatic heterocycles. The van der Waals surface area contributed by atoms with Crippen molar-refractivity contribution >= 4 is 10.4 Å². The van der Waals surface area contributed by atoms with E-state index in [2.05, 4.69) is 4.18 Å². The molecule has 13 heavy (non-hydrogen) atoms. The predicted molar refractivity (Wildman–Crippen MR) is 50.8 cm³/mol. The van der Waals surface area contributed by atoms with E-state index in [9.17, 15) is 8.42 Å². The Kier molecular flexibility index (Phi) is 6.28. The molecule has 0 bridgehead atoms. The lowest BCUT2D eigenvalue weighted by Crippen LogP contribution is -2.13. The first-order valence-electron chi connectivity index (χ1n) is 4.61. The van der Waals surface area contributed by atoms with Gasteiger partial charge in [0, 0.05) is 0 Å². The molecular formula is C8H18O4S. The molecule has 0 aliphatic heterocycles. The summed E-state index contributed by atoms with van der Waals surface area (Å²) >= 11 is 0. The highest BCUT2D eigenvalue weighted by atomic mass is 32.3. The summed E-state index contributed by atoms with van der Waals surface area (Å²) in [6.07, 6.45) is 3.87. The van der Waals surface area contributed by atoms with Gasteiger partial charge in [0.25, 0.3) is 0 Å².